The number of hydrogen-bond acceptors (Lipinski definition) is 5. The van der Waals surface area contributed by atoms with Crippen LogP contribution in [0.2, 0.25) is 0 Å². The van der Waals surface area contributed by atoms with Crippen molar-refractivity contribution in [1.29, 1.82) is 0 Å². The van der Waals surface area contributed by atoms with Crippen LogP contribution in [0.1, 0.15) is 45.8 Å². The van der Waals surface area contributed by atoms with Crippen LogP contribution in [0.3, 0.4) is 0 Å². The number of amides is 1. The van der Waals surface area contributed by atoms with Gasteiger partial charge in [-0.05, 0) is 56.2 Å². The van der Waals surface area contributed by atoms with Gasteiger partial charge in [-0.15, -0.1) is 11.3 Å². The van der Waals surface area contributed by atoms with E-state index in [1.807, 2.05) is 6.07 Å². The van der Waals surface area contributed by atoms with Gasteiger partial charge in [-0.25, -0.2) is 9.97 Å². The van der Waals surface area contributed by atoms with Crippen molar-refractivity contribution in [3.8, 4) is 0 Å². The van der Waals surface area contributed by atoms with E-state index < -0.39 is 0 Å². The molecule has 1 aliphatic carbocycles. The number of nitrogens with zero attached hydrogens (tertiary/aromatic N) is 3. The molecule has 2 aromatic rings. The van der Waals surface area contributed by atoms with Gasteiger partial charge in [-0.2, -0.15) is 0 Å². The Balaban J connectivity index is 1.41. The summed E-state index contributed by atoms with van der Waals surface area (Å²) in [5, 5.41) is 3.22. The minimum atomic E-state index is 0.0789. The van der Waals surface area contributed by atoms with Crippen LogP contribution in [0.15, 0.2) is 24.5 Å². The third kappa shape index (κ3) is 3.29. The Kier molecular flexibility index (Phi) is 4.47. The third-order valence-electron chi connectivity index (χ3n) is 4.81. The molecule has 1 aliphatic heterocycles. The highest BCUT2D eigenvalue weighted by Gasteiger charge is 2.24. The van der Waals surface area contributed by atoms with E-state index in [2.05, 4.69) is 26.3 Å². The number of aryl methyl sites for hydroxylation is 2. The normalized spacial score (nSPS) is 20.5. The van der Waals surface area contributed by atoms with Gasteiger partial charge in [0.2, 0.25) is 5.95 Å². The maximum Gasteiger partial charge on any atom is 0.261 e. The highest BCUT2D eigenvalue weighted by molar-refractivity contribution is 7.14. The van der Waals surface area contributed by atoms with E-state index in [-0.39, 0.29) is 11.9 Å². The summed E-state index contributed by atoms with van der Waals surface area (Å²) in [5.41, 5.74) is 1.39. The fourth-order valence-corrected chi connectivity index (χ4v) is 4.75. The predicted octanol–water partition coefficient (Wildman–Crippen LogP) is 2.82. The number of fused-ring (bicyclic) bond motifs is 1. The summed E-state index contributed by atoms with van der Waals surface area (Å²) in [4.78, 5) is 25.7. The molecule has 0 spiro atoms. The van der Waals surface area contributed by atoms with Crippen LogP contribution in [-0.2, 0) is 12.8 Å². The molecule has 0 aromatic carbocycles. The van der Waals surface area contributed by atoms with Gasteiger partial charge >= 0.3 is 0 Å². The minimum absolute atomic E-state index is 0.0789. The number of hydrogen-bond donors (Lipinski definition) is 1. The van der Waals surface area contributed by atoms with Crippen LogP contribution in [0.5, 0.6) is 0 Å². The average Bonchev–Trinajstić information content (AvgIpc) is 3.07. The summed E-state index contributed by atoms with van der Waals surface area (Å²) in [5.74, 6) is 0.832. The van der Waals surface area contributed by atoms with E-state index in [0.29, 0.717) is 0 Å². The number of anilines is 1. The van der Waals surface area contributed by atoms with Gasteiger partial charge in [0.05, 0.1) is 4.88 Å². The van der Waals surface area contributed by atoms with Gasteiger partial charge in [0.1, 0.15) is 0 Å². The number of nitrogens with one attached hydrogen (secondary N) is 1. The van der Waals surface area contributed by atoms with Crippen LogP contribution >= 0.6 is 11.3 Å². The highest BCUT2D eigenvalue weighted by Crippen LogP contribution is 2.29. The summed E-state index contributed by atoms with van der Waals surface area (Å²) in [7, 11) is 0. The SMILES string of the molecule is O=C(N[C@@H]1CCCN(c2ncccn2)C1)c1cc2c(s1)CCCC2. The van der Waals surface area contributed by atoms with Crippen LogP contribution in [0.25, 0.3) is 0 Å². The highest BCUT2D eigenvalue weighted by atomic mass is 32.1. The molecule has 1 N–H and O–H groups in total. The summed E-state index contributed by atoms with van der Waals surface area (Å²) in [6, 6.07) is 4.09. The zero-order chi connectivity index (χ0) is 16.4. The second-order valence-electron chi connectivity index (χ2n) is 6.57. The second kappa shape index (κ2) is 6.89. The smallest absolute Gasteiger partial charge is 0.261 e. The first-order valence-electron chi connectivity index (χ1n) is 8.74. The number of carbonyl (C=O) groups excluding carboxylic acids is 1. The standard InChI is InChI=1S/C18H22N4OS/c23-17(16-11-13-5-1-2-7-15(13)24-16)21-14-6-3-10-22(12-14)18-19-8-4-9-20-18/h4,8-9,11,14H,1-3,5-7,10,12H2,(H,21,23)/t14-/m1/s1. The number of rotatable bonds is 3. The lowest BCUT2D eigenvalue weighted by atomic mass is 9.99. The van der Waals surface area contributed by atoms with E-state index in [4.69, 9.17) is 0 Å². The van der Waals surface area contributed by atoms with Crippen LogP contribution in [0, 0.1) is 0 Å². The molecule has 24 heavy (non-hydrogen) atoms. The first-order valence-corrected chi connectivity index (χ1v) is 9.55. The molecule has 126 valence electrons. The van der Waals surface area contributed by atoms with Crippen molar-refractivity contribution in [2.75, 3.05) is 18.0 Å². The topological polar surface area (TPSA) is 58.1 Å². The molecule has 4 rings (SSSR count). The Morgan fingerprint density at radius 2 is 2.04 bits per heavy atom. The van der Waals surface area contributed by atoms with Crippen LogP contribution in [-0.4, -0.2) is 35.0 Å². The maximum atomic E-state index is 12.6. The number of aromatic nitrogens is 2. The van der Waals surface area contributed by atoms with Crippen molar-refractivity contribution in [2.45, 2.75) is 44.6 Å². The molecule has 0 radical (unpaired) electrons. The van der Waals surface area contributed by atoms with Crippen LogP contribution < -0.4 is 10.2 Å². The lowest BCUT2D eigenvalue weighted by molar-refractivity contribution is 0.0937. The Bertz CT molecular complexity index is 692. The zero-order valence-electron chi connectivity index (χ0n) is 13.7. The molecule has 0 bridgehead atoms. The second-order valence-corrected chi connectivity index (χ2v) is 7.71. The van der Waals surface area contributed by atoms with Crippen molar-refractivity contribution in [3.63, 3.8) is 0 Å². The van der Waals surface area contributed by atoms with E-state index in [1.165, 1.54) is 23.3 Å². The fraction of sp³-hybridized carbons (Fsp3) is 0.500. The Labute approximate surface area is 146 Å². The molecule has 1 saturated heterocycles. The number of piperidine rings is 1. The number of thiophene rings is 1. The fourth-order valence-electron chi connectivity index (χ4n) is 3.59. The van der Waals surface area contributed by atoms with E-state index in [0.717, 1.165) is 49.6 Å². The molecule has 2 aliphatic rings. The Morgan fingerprint density at radius 1 is 1.21 bits per heavy atom. The van der Waals surface area contributed by atoms with E-state index in [9.17, 15) is 4.79 Å². The quantitative estimate of drug-likeness (QED) is 0.932. The van der Waals surface area contributed by atoms with Gasteiger partial charge < -0.3 is 10.2 Å². The summed E-state index contributed by atoms with van der Waals surface area (Å²) in [6.45, 7) is 1.73. The molecular formula is C18H22N4OS. The zero-order valence-corrected chi connectivity index (χ0v) is 14.5. The predicted molar refractivity (Wildman–Crippen MR) is 95.7 cm³/mol. The van der Waals surface area contributed by atoms with Gasteiger partial charge in [0.15, 0.2) is 0 Å². The molecule has 1 amide bonds. The lowest BCUT2D eigenvalue weighted by Crippen LogP contribution is -2.48. The average molecular weight is 342 g/mol. The third-order valence-corrected chi connectivity index (χ3v) is 6.05. The molecule has 0 saturated carbocycles. The summed E-state index contributed by atoms with van der Waals surface area (Å²) < 4.78 is 0. The van der Waals surface area contributed by atoms with E-state index >= 15 is 0 Å². The minimum Gasteiger partial charge on any atom is -0.347 e. The van der Waals surface area contributed by atoms with Gasteiger partial charge in [-0.1, -0.05) is 0 Å². The molecule has 1 atom stereocenters. The Hall–Kier alpha value is -1.95. The largest absolute Gasteiger partial charge is 0.347 e. The monoisotopic (exact) mass is 342 g/mol. The van der Waals surface area contributed by atoms with Crippen molar-refractivity contribution < 1.29 is 4.79 Å². The van der Waals surface area contributed by atoms with Crippen molar-refractivity contribution in [2.24, 2.45) is 0 Å². The van der Waals surface area contributed by atoms with Crippen molar-refractivity contribution >= 4 is 23.2 Å². The molecular weight excluding hydrogens is 320 g/mol. The lowest BCUT2D eigenvalue weighted by Gasteiger charge is -2.32. The Morgan fingerprint density at radius 3 is 2.88 bits per heavy atom. The molecule has 1 fully saturated rings. The first-order chi connectivity index (χ1) is 11.8. The van der Waals surface area contributed by atoms with E-state index in [1.54, 1.807) is 23.7 Å². The van der Waals surface area contributed by atoms with Crippen molar-refractivity contribution in [3.05, 3.63) is 39.8 Å². The van der Waals surface area contributed by atoms with Crippen molar-refractivity contribution in [1.82, 2.24) is 15.3 Å². The summed E-state index contributed by atoms with van der Waals surface area (Å²) in [6.07, 6.45) is 10.4. The maximum absolute atomic E-state index is 12.6. The molecule has 5 nitrogen and oxygen atoms in total. The van der Waals surface area contributed by atoms with Crippen LogP contribution in [0.4, 0.5) is 5.95 Å². The first kappa shape index (κ1) is 15.6. The molecule has 3 heterocycles. The van der Waals surface area contributed by atoms with Gasteiger partial charge in [0, 0.05) is 36.4 Å². The van der Waals surface area contributed by atoms with Gasteiger partial charge in [-0.3, -0.25) is 4.79 Å². The summed E-state index contributed by atoms with van der Waals surface area (Å²) >= 11 is 1.68. The molecule has 2 aromatic heterocycles. The molecule has 0 unspecified atom stereocenters. The number of carbonyl (C=O) groups is 1. The van der Waals surface area contributed by atoms with Gasteiger partial charge in [0.25, 0.3) is 5.91 Å². The molecule has 6 heteroatoms.